The van der Waals surface area contributed by atoms with Gasteiger partial charge >= 0.3 is 6.18 Å². The van der Waals surface area contributed by atoms with E-state index >= 15 is 0 Å². The summed E-state index contributed by atoms with van der Waals surface area (Å²) in [6.07, 6.45) is -2.40. The van der Waals surface area contributed by atoms with Gasteiger partial charge in [0.15, 0.2) is 0 Å². The van der Waals surface area contributed by atoms with E-state index in [1.165, 1.54) is 7.05 Å². The summed E-state index contributed by atoms with van der Waals surface area (Å²) < 4.78 is 36.0. The van der Waals surface area contributed by atoms with E-state index in [2.05, 4.69) is 10.4 Å². The number of nitrogens with two attached hydrogens (primary N) is 1. The van der Waals surface area contributed by atoms with Crippen molar-refractivity contribution in [3.8, 4) is 0 Å². The fourth-order valence-electron chi connectivity index (χ4n) is 0.966. The van der Waals surface area contributed by atoms with Crippen molar-refractivity contribution in [3.63, 3.8) is 0 Å². The second kappa shape index (κ2) is 4.04. The van der Waals surface area contributed by atoms with Crippen molar-refractivity contribution in [3.05, 3.63) is 0 Å². The minimum absolute atomic E-state index is 0.0878. The zero-order valence-corrected chi connectivity index (χ0v) is 7.80. The Balaban J connectivity index is 2.51. The number of nitrogens with zero attached hydrogens (tertiary/aromatic N) is 2. The normalized spacial score (nSPS) is 18.2. The molecule has 0 heterocycles. The Kier molecular flexibility index (Phi) is 3.20. The Hall–Kier alpha value is -0.980. The summed E-state index contributed by atoms with van der Waals surface area (Å²) in [6, 6.07) is 0.136. The van der Waals surface area contributed by atoms with Crippen LogP contribution in [0.2, 0.25) is 0 Å². The number of halogens is 3. The van der Waals surface area contributed by atoms with E-state index in [4.69, 9.17) is 5.84 Å². The molecule has 0 unspecified atom stereocenters. The summed E-state index contributed by atoms with van der Waals surface area (Å²) in [6.45, 7) is -1.05. The number of hydrazine groups is 1. The maximum atomic E-state index is 12.0. The van der Waals surface area contributed by atoms with Gasteiger partial charge in [-0.1, -0.05) is 0 Å². The second-order valence-corrected chi connectivity index (χ2v) is 3.30. The number of nitrogens with one attached hydrogen (secondary N) is 1. The van der Waals surface area contributed by atoms with E-state index < -0.39 is 12.7 Å². The van der Waals surface area contributed by atoms with Crippen LogP contribution in [0.3, 0.4) is 0 Å². The summed E-state index contributed by atoms with van der Waals surface area (Å²) >= 11 is 0. The Bertz CT molecular complexity index is 221. The van der Waals surface area contributed by atoms with Gasteiger partial charge in [0.2, 0.25) is 5.96 Å². The first kappa shape index (κ1) is 11.1. The third kappa shape index (κ3) is 3.82. The highest BCUT2D eigenvalue weighted by Crippen LogP contribution is 2.24. The van der Waals surface area contributed by atoms with Crippen LogP contribution >= 0.6 is 0 Å². The first-order valence-electron chi connectivity index (χ1n) is 4.24. The fraction of sp³-hybridized carbons (Fsp3) is 0.857. The van der Waals surface area contributed by atoms with Crippen LogP contribution in [0.25, 0.3) is 0 Å². The van der Waals surface area contributed by atoms with Gasteiger partial charge in [-0.05, 0) is 12.8 Å². The van der Waals surface area contributed by atoms with Gasteiger partial charge in [0, 0.05) is 7.05 Å². The summed E-state index contributed by atoms with van der Waals surface area (Å²) in [5.74, 6) is 5.17. The maximum Gasteiger partial charge on any atom is 0.406 e. The number of hydrogen-bond donors (Lipinski definition) is 2. The van der Waals surface area contributed by atoms with Crippen LogP contribution in [0, 0.1) is 0 Å². The Labute approximate surface area is 79.9 Å². The van der Waals surface area contributed by atoms with Crippen LogP contribution in [-0.4, -0.2) is 36.7 Å². The van der Waals surface area contributed by atoms with E-state index in [-0.39, 0.29) is 12.0 Å². The predicted octanol–water partition coefficient (Wildman–Crippen LogP) is 0.462. The lowest BCUT2D eigenvalue weighted by atomic mass is 10.5. The summed E-state index contributed by atoms with van der Waals surface area (Å²) in [5, 5.41) is 0. The molecule has 0 bridgehead atoms. The average Bonchev–Trinajstić information content (AvgIpc) is 2.79. The molecule has 1 saturated carbocycles. The molecule has 4 nitrogen and oxygen atoms in total. The lowest BCUT2D eigenvalue weighted by Crippen LogP contribution is -2.46. The van der Waals surface area contributed by atoms with Gasteiger partial charge in [-0.2, -0.15) is 13.2 Å². The van der Waals surface area contributed by atoms with E-state index in [9.17, 15) is 13.2 Å². The molecule has 3 N–H and O–H groups in total. The highest BCUT2D eigenvalue weighted by atomic mass is 19.4. The standard InChI is InChI=1S/C7H13F3N4/c1-14(4-7(8,9)10)6(13-11)12-5-2-3-5/h5H,2-4,11H2,1H3,(H,12,13). The van der Waals surface area contributed by atoms with Crippen molar-refractivity contribution in [2.75, 3.05) is 13.6 Å². The van der Waals surface area contributed by atoms with E-state index in [0.717, 1.165) is 17.7 Å². The van der Waals surface area contributed by atoms with Gasteiger partial charge in [0.25, 0.3) is 0 Å². The molecule has 0 aliphatic heterocycles. The molecule has 0 atom stereocenters. The van der Waals surface area contributed by atoms with Gasteiger partial charge in [-0.3, -0.25) is 5.43 Å². The van der Waals surface area contributed by atoms with Gasteiger partial charge in [-0.15, -0.1) is 0 Å². The number of hydrogen-bond acceptors (Lipinski definition) is 2. The molecule has 7 heteroatoms. The van der Waals surface area contributed by atoms with Crippen molar-refractivity contribution in [1.82, 2.24) is 10.3 Å². The molecule has 1 fully saturated rings. The molecule has 1 aliphatic rings. The van der Waals surface area contributed by atoms with Gasteiger partial charge in [0.05, 0.1) is 6.04 Å². The molecule has 1 rings (SSSR count). The van der Waals surface area contributed by atoms with Crippen molar-refractivity contribution < 1.29 is 13.2 Å². The molecule has 0 aromatic rings. The molecule has 82 valence electrons. The Morgan fingerprint density at radius 2 is 2.14 bits per heavy atom. The van der Waals surface area contributed by atoms with Crippen molar-refractivity contribution in [1.29, 1.82) is 0 Å². The molecule has 0 saturated heterocycles. The van der Waals surface area contributed by atoms with Crippen LogP contribution in [0.1, 0.15) is 12.8 Å². The third-order valence-electron chi connectivity index (χ3n) is 1.76. The fourth-order valence-corrected chi connectivity index (χ4v) is 0.966. The van der Waals surface area contributed by atoms with Crippen LogP contribution < -0.4 is 11.3 Å². The summed E-state index contributed by atoms with van der Waals surface area (Å²) in [7, 11) is 1.30. The lowest BCUT2D eigenvalue weighted by molar-refractivity contribution is -0.136. The molecule has 0 spiro atoms. The van der Waals surface area contributed by atoms with Crippen LogP contribution in [0.5, 0.6) is 0 Å². The summed E-state index contributed by atoms with van der Waals surface area (Å²) in [4.78, 5) is 4.95. The largest absolute Gasteiger partial charge is 0.406 e. The maximum absolute atomic E-state index is 12.0. The second-order valence-electron chi connectivity index (χ2n) is 3.30. The smallest absolute Gasteiger partial charge is 0.336 e. The number of guanidine groups is 1. The first-order valence-corrected chi connectivity index (χ1v) is 4.24. The van der Waals surface area contributed by atoms with Crippen LogP contribution in [0.15, 0.2) is 4.99 Å². The highest BCUT2D eigenvalue weighted by molar-refractivity contribution is 5.79. The molecular weight excluding hydrogens is 197 g/mol. The molecule has 0 amide bonds. The molecule has 0 radical (unpaired) electrons. The van der Waals surface area contributed by atoms with Gasteiger partial charge < -0.3 is 4.90 Å². The molecule has 0 aromatic heterocycles. The van der Waals surface area contributed by atoms with Crippen LogP contribution in [-0.2, 0) is 0 Å². The number of alkyl halides is 3. The Morgan fingerprint density at radius 3 is 2.50 bits per heavy atom. The average molecular weight is 210 g/mol. The zero-order chi connectivity index (χ0) is 10.8. The van der Waals surface area contributed by atoms with Crippen LogP contribution in [0.4, 0.5) is 13.2 Å². The van der Waals surface area contributed by atoms with E-state index in [1.807, 2.05) is 0 Å². The monoisotopic (exact) mass is 210 g/mol. The predicted molar refractivity (Wildman–Crippen MR) is 46.5 cm³/mol. The Morgan fingerprint density at radius 1 is 1.57 bits per heavy atom. The minimum atomic E-state index is -4.24. The minimum Gasteiger partial charge on any atom is -0.336 e. The van der Waals surface area contributed by atoms with E-state index in [1.54, 1.807) is 0 Å². The van der Waals surface area contributed by atoms with Gasteiger partial charge in [0.1, 0.15) is 6.54 Å². The van der Waals surface area contributed by atoms with E-state index in [0.29, 0.717) is 0 Å². The molecule has 0 aromatic carbocycles. The quantitative estimate of drug-likeness (QED) is 0.301. The summed E-state index contributed by atoms with van der Waals surface area (Å²) in [5.41, 5.74) is 2.17. The zero-order valence-electron chi connectivity index (χ0n) is 7.80. The third-order valence-corrected chi connectivity index (χ3v) is 1.76. The molecule has 1 aliphatic carbocycles. The van der Waals surface area contributed by atoms with Crippen molar-refractivity contribution in [2.24, 2.45) is 10.8 Å². The van der Waals surface area contributed by atoms with Crippen molar-refractivity contribution >= 4 is 5.96 Å². The van der Waals surface area contributed by atoms with Gasteiger partial charge in [-0.25, -0.2) is 10.8 Å². The van der Waals surface area contributed by atoms with Crippen molar-refractivity contribution in [2.45, 2.75) is 25.1 Å². The topological polar surface area (TPSA) is 53.6 Å². The molecular formula is C7H13F3N4. The number of rotatable bonds is 2. The SMILES string of the molecule is CN(CC(F)(F)F)C(=NC1CC1)NN. The first-order chi connectivity index (χ1) is 6.42. The highest BCUT2D eigenvalue weighted by Gasteiger charge is 2.31. The number of aliphatic imine (C=N–C) groups is 1. The lowest BCUT2D eigenvalue weighted by Gasteiger charge is -2.21. The molecule has 14 heavy (non-hydrogen) atoms.